The Kier molecular flexibility index (Phi) is 4.11. The number of nitrogens with zero attached hydrogens (tertiary/aromatic N) is 2. The second-order valence-corrected chi connectivity index (χ2v) is 7.01. The van der Waals surface area contributed by atoms with E-state index in [0.29, 0.717) is 0 Å². The summed E-state index contributed by atoms with van der Waals surface area (Å²) in [4.78, 5) is 17.3. The summed E-state index contributed by atoms with van der Waals surface area (Å²) in [5.41, 5.74) is 3.47. The third-order valence-electron chi connectivity index (χ3n) is 5.32. The fraction of sp³-hybridized carbons (Fsp3) is 0.381. The molecule has 2 saturated heterocycles. The molecule has 0 aromatic heterocycles. The minimum atomic E-state index is 0.0757. The molecule has 4 rings (SSSR count). The van der Waals surface area contributed by atoms with Crippen LogP contribution in [-0.4, -0.2) is 30.4 Å². The lowest BCUT2D eigenvalue weighted by molar-refractivity contribution is -0.131. The van der Waals surface area contributed by atoms with Gasteiger partial charge in [-0.1, -0.05) is 48.0 Å². The van der Waals surface area contributed by atoms with Crippen LogP contribution in [0, 0.1) is 12.8 Å². The van der Waals surface area contributed by atoms with E-state index in [1.807, 2.05) is 11.0 Å². The van der Waals surface area contributed by atoms with Crippen molar-refractivity contribution in [3.8, 4) is 0 Å². The molecule has 0 unspecified atom stereocenters. The van der Waals surface area contributed by atoms with Crippen molar-refractivity contribution in [2.75, 3.05) is 24.5 Å². The molecule has 0 aliphatic carbocycles. The molecule has 1 amide bonds. The van der Waals surface area contributed by atoms with Crippen LogP contribution in [0.4, 0.5) is 5.69 Å². The quantitative estimate of drug-likeness (QED) is 0.800. The number of benzene rings is 2. The Bertz CT molecular complexity index is 704. The normalized spacial score (nSPS) is 24.2. The first-order valence-electron chi connectivity index (χ1n) is 8.91. The van der Waals surface area contributed by atoms with Crippen molar-refractivity contribution in [3.63, 3.8) is 0 Å². The van der Waals surface area contributed by atoms with Gasteiger partial charge in [0.25, 0.3) is 0 Å². The number of aryl methyl sites for hydroxylation is 1. The molecule has 0 N–H and O–H groups in total. The maximum absolute atomic E-state index is 12.9. The molecule has 24 heavy (non-hydrogen) atoms. The highest BCUT2D eigenvalue weighted by Crippen LogP contribution is 2.44. The molecule has 2 aliphatic rings. The van der Waals surface area contributed by atoms with Crippen LogP contribution in [0.5, 0.6) is 0 Å². The van der Waals surface area contributed by atoms with Crippen LogP contribution in [0.2, 0.25) is 0 Å². The van der Waals surface area contributed by atoms with Gasteiger partial charge in [0.2, 0.25) is 5.91 Å². The van der Waals surface area contributed by atoms with Gasteiger partial charge in [0.1, 0.15) is 0 Å². The zero-order chi connectivity index (χ0) is 16.5. The van der Waals surface area contributed by atoms with Crippen LogP contribution in [0.25, 0.3) is 0 Å². The van der Waals surface area contributed by atoms with E-state index in [-0.39, 0.29) is 17.9 Å². The lowest BCUT2D eigenvalue weighted by Gasteiger charge is -2.48. The topological polar surface area (TPSA) is 23.6 Å². The summed E-state index contributed by atoms with van der Waals surface area (Å²) in [7, 11) is 0. The van der Waals surface area contributed by atoms with Gasteiger partial charge in [-0.05, 0) is 50.6 Å². The Balaban J connectivity index is 1.63. The highest BCUT2D eigenvalue weighted by Gasteiger charge is 2.49. The van der Waals surface area contributed by atoms with Crippen LogP contribution < -0.4 is 4.90 Å². The molecule has 2 aromatic carbocycles. The van der Waals surface area contributed by atoms with Gasteiger partial charge in [0.15, 0.2) is 0 Å². The van der Waals surface area contributed by atoms with E-state index >= 15 is 0 Å². The lowest BCUT2D eigenvalue weighted by Crippen LogP contribution is -2.58. The Morgan fingerprint density at radius 1 is 0.958 bits per heavy atom. The summed E-state index contributed by atoms with van der Waals surface area (Å²) in [5.74, 6) is 0.339. The van der Waals surface area contributed by atoms with Gasteiger partial charge < -0.3 is 9.80 Å². The second kappa shape index (κ2) is 6.40. The van der Waals surface area contributed by atoms with Crippen molar-refractivity contribution in [3.05, 3.63) is 65.7 Å². The van der Waals surface area contributed by atoms with Gasteiger partial charge in [-0.3, -0.25) is 4.79 Å². The van der Waals surface area contributed by atoms with E-state index in [9.17, 15) is 4.79 Å². The SMILES string of the molecule is Cc1ccc(N2C(=O)[C@H](CN3CCCC3)[C@@H]2c2ccccc2)cc1. The van der Waals surface area contributed by atoms with Gasteiger partial charge >= 0.3 is 0 Å². The van der Waals surface area contributed by atoms with Crippen molar-refractivity contribution in [2.45, 2.75) is 25.8 Å². The number of anilines is 1. The maximum atomic E-state index is 12.9. The summed E-state index contributed by atoms with van der Waals surface area (Å²) in [6.45, 7) is 5.24. The first-order chi connectivity index (χ1) is 11.7. The average Bonchev–Trinajstić information content (AvgIpc) is 3.13. The molecular formula is C21H24N2O. The van der Waals surface area contributed by atoms with Crippen molar-refractivity contribution in [1.29, 1.82) is 0 Å². The number of carbonyl (C=O) groups excluding carboxylic acids is 1. The predicted octanol–water partition coefficient (Wildman–Crippen LogP) is 3.79. The fourth-order valence-corrected chi connectivity index (χ4v) is 3.99. The van der Waals surface area contributed by atoms with Gasteiger partial charge in [0, 0.05) is 12.2 Å². The summed E-state index contributed by atoms with van der Waals surface area (Å²) in [6.07, 6.45) is 2.52. The molecule has 0 bridgehead atoms. The zero-order valence-corrected chi connectivity index (χ0v) is 14.2. The number of amides is 1. The van der Waals surface area contributed by atoms with E-state index in [1.165, 1.54) is 24.0 Å². The molecule has 124 valence electrons. The molecule has 2 atom stereocenters. The second-order valence-electron chi connectivity index (χ2n) is 7.01. The zero-order valence-electron chi connectivity index (χ0n) is 14.2. The summed E-state index contributed by atoms with van der Waals surface area (Å²) in [6, 6.07) is 18.9. The molecule has 2 aromatic rings. The number of hydrogen-bond acceptors (Lipinski definition) is 2. The largest absolute Gasteiger partial charge is 0.304 e. The smallest absolute Gasteiger partial charge is 0.234 e. The van der Waals surface area contributed by atoms with E-state index < -0.39 is 0 Å². The van der Waals surface area contributed by atoms with E-state index in [1.54, 1.807) is 0 Å². The van der Waals surface area contributed by atoms with Crippen molar-refractivity contribution < 1.29 is 4.79 Å². The molecular weight excluding hydrogens is 296 g/mol. The lowest BCUT2D eigenvalue weighted by atomic mass is 9.81. The minimum Gasteiger partial charge on any atom is -0.304 e. The molecule has 2 heterocycles. The number of β-lactam (4-membered cyclic amide) rings is 1. The highest BCUT2D eigenvalue weighted by atomic mass is 16.2. The highest BCUT2D eigenvalue weighted by molar-refractivity contribution is 6.03. The van der Waals surface area contributed by atoms with Crippen LogP contribution in [0.3, 0.4) is 0 Å². The molecule has 2 fully saturated rings. The third-order valence-corrected chi connectivity index (χ3v) is 5.32. The van der Waals surface area contributed by atoms with Gasteiger partial charge in [0.05, 0.1) is 12.0 Å². The average molecular weight is 320 g/mol. The van der Waals surface area contributed by atoms with E-state index in [2.05, 4.69) is 60.4 Å². The van der Waals surface area contributed by atoms with Gasteiger partial charge in [-0.25, -0.2) is 0 Å². The Labute approximate surface area is 143 Å². The van der Waals surface area contributed by atoms with Crippen LogP contribution in [-0.2, 0) is 4.79 Å². The van der Waals surface area contributed by atoms with Gasteiger partial charge in [-0.2, -0.15) is 0 Å². The Hall–Kier alpha value is -2.13. The number of likely N-dealkylation sites (tertiary alicyclic amines) is 1. The first-order valence-corrected chi connectivity index (χ1v) is 8.91. The van der Waals surface area contributed by atoms with Gasteiger partial charge in [-0.15, -0.1) is 0 Å². The number of carbonyl (C=O) groups is 1. The summed E-state index contributed by atoms with van der Waals surface area (Å²) in [5, 5.41) is 0. The Morgan fingerprint density at radius 2 is 1.62 bits per heavy atom. The molecule has 3 nitrogen and oxygen atoms in total. The number of rotatable bonds is 4. The molecule has 0 spiro atoms. The van der Waals surface area contributed by atoms with E-state index in [4.69, 9.17) is 0 Å². The maximum Gasteiger partial charge on any atom is 0.234 e. The van der Waals surface area contributed by atoms with Crippen LogP contribution in [0.15, 0.2) is 54.6 Å². The van der Waals surface area contributed by atoms with E-state index in [0.717, 1.165) is 25.3 Å². The Morgan fingerprint density at radius 3 is 2.29 bits per heavy atom. The third kappa shape index (κ3) is 2.73. The molecule has 2 aliphatic heterocycles. The monoisotopic (exact) mass is 320 g/mol. The molecule has 0 saturated carbocycles. The van der Waals surface area contributed by atoms with Crippen LogP contribution in [0.1, 0.15) is 30.0 Å². The first kappa shape index (κ1) is 15.4. The molecule has 0 radical (unpaired) electrons. The fourth-order valence-electron chi connectivity index (χ4n) is 3.99. The van der Waals surface area contributed by atoms with Crippen LogP contribution >= 0.6 is 0 Å². The van der Waals surface area contributed by atoms with Crippen molar-refractivity contribution in [2.24, 2.45) is 5.92 Å². The summed E-state index contributed by atoms with van der Waals surface area (Å²) >= 11 is 0. The standard InChI is InChI=1S/C21H24N2O/c1-16-9-11-18(12-10-16)23-20(17-7-3-2-4-8-17)19(21(23)24)15-22-13-5-6-14-22/h2-4,7-12,19-20H,5-6,13-15H2,1H3/t19-,20+/m1/s1. The van der Waals surface area contributed by atoms with Crippen molar-refractivity contribution >= 4 is 11.6 Å². The number of hydrogen-bond donors (Lipinski definition) is 0. The summed E-state index contributed by atoms with van der Waals surface area (Å²) < 4.78 is 0. The molecule has 3 heteroatoms. The predicted molar refractivity (Wildman–Crippen MR) is 97.0 cm³/mol. The minimum absolute atomic E-state index is 0.0757. The van der Waals surface area contributed by atoms with Crippen molar-refractivity contribution in [1.82, 2.24) is 4.90 Å².